The molecule has 0 saturated carbocycles. The second-order valence-corrected chi connectivity index (χ2v) is 4.38. The van der Waals surface area contributed by atoms with E-state index >= 15 is 0 Å². The Kier molecular flexibility index (Phi) is 3.89. The van der Waals surface area contributed by atoms with E-state index in [1.54, 1.807) is 23.9 Å². The van der Waals surface area contributed by atoms with E-state index in [9.17, 15) is 4.79 Å². The van der Waals surface area contributed by atoms with Crippen molar-refractivity contribution in [2.24, 2.45) is 0 Å². The number of benzene rings is 1. The number of allylic oxidation sites excluding steroid dienone is 1. The molecule has 0 aliphatic heterocycles. The summed E-state index contributed by atoms with van der Waals surface area (Å²) in [5, 5.41) is 13.1. The zero-order valence-corrected chi connectivity index (χ0v) is 11.5. The Bertz CT molecular complexity index is 659. The van der Waals surface area contributed by atoms with Crippen molar-refractivity contribution in [3.63, 3.8) is 0 Å². The lowest BCUT2D eigenvalue weighted by molar-refractivity contribution is 0.0689. The second-order valence-electron chi connectivity index (χ2n) is 4.38. The molecule has 1 aromatic heterocycles. The summed E-state index contributed by atoms with van der Waals surface area (Å²) in [6.07, 6.45) is 1.68. The van der Waals surface area contributed by atoms with Crippen LogP contribution in [-0.4, -0.2) is 28.0 Å². The maximum atomic E-state index is 11.0. The monoisotopic (exact) mass is 272 g/mol. The summed E-state index contributed by atoms with van der Waals surface area (Å²) < 4.78 is 6.85. The molecule has 0 atom stereocenters. The summed E-state index contributed by atoms with van der Waals surface area (Å²) in [5.74, 6) is -0.249. The van der Waals surface area contributed by atoms with Crippen molar-refractivity contribution in [3.8, 4) is 17.0 Å². The third kappa shape index (κ3) is 2.56. The Balaban J connectivity index is 2.52. The van der Waals surface area contributed by atoms with Gasteiger partial charge >= 0.3 is 5.97 Å². The van der Waals surface area contributed by atoms with E-state index in [4.69, 9.17) is 9.84 Å². The van der Waals surface area contributed by atoms with Crippen LogP contribution >= 0.6 is 0 Å². The van der Waals surface area contributed by atoms with Gasteiger partial charge in [0.2, 0.25) is 0 Å². The molecule has 0 aliphatic rings. The fourth-order valence-electron chi connectivity index (χ4n) is 2.05. The maximum Gasteiger partial charge on any atom is 0.356 e. The minimum absolute atomic E-state index is 0.0234. The van der Waals surface area contributed by atoms with Gasteiger partial charge in [-0.05, 0) is 36.8 Å². The van der Waals surface area contributed by atoms with Crippen molar-refractivity contribution in [1.29, 1.82) is 0 Å². The van der Waals surface area contributed by atoms with Gasteiger partial charge in [-0.2, -0.15) is 5.10 Å². The average Bonchev–Trinajstić information content (AvgIpc) is 2.83. The van der Waals surface area contributed by atoms with Gasteiger partial charge in [-0.1, -0.05) is 6.08 Å². The topological polar surface area (TPSA) is 64.4 Å². The Morgan fingerprint density at radius 2 is 2.25 bits per heavy atom. The molecule has 2 aromatic rings. The van der Waals surface area contributed by atoms with E-state index < -0.39 is 5.97 Å². The number of carbonyl (C=O) groups is 1. The van der Waals surface area contributed by atoms with Crippen LogP contribution in [0.4, 0.5) is 0 Å². The number of methoxy groups -OCH3 is 1. The lowest BCUT2D eigenvalue weighted by atomic mass is 10.1. The molecule has 0 unspecified atom stereocenters. The van der Waals surface area contributed by atoms with Crippen molar-refractivity contribution >= 4 is 5.97 Å². The fraction of sp³-hybridized carbons (Fsp3) is 0.200. The van der Waals surface area contributed by atoms with Gasteiger partial charge in [-0.15, -0.1) is 6.58 Å². The molecule has 0 bridgehead atoms. The van der Waals surface area contributed by atoms with E-state index in [1.165, 1.54) is 0 Å². The Morgan fingerprint density at radius 1 is 1.50 bits per heavy atom. The third-order valence-corrected chi connectivity index (χ3v) is 2.99. The smallest absolute Gasteiger partial charge is 0.356 e. The van der Waals surface area contributed by atoms with Crippen LogP contribution in [0.3, 0.4) is 0 Å². The van der Waals surface area contributed by atoms with E-state index in [0.717, 1.165) is 22.6 Å². The molecule has 5 nitrogen and oxygen atoms in total. The van der Waals surface area contributed by atoms with Gasteiger partial charge in [-0.25, -0.2) is 4.79 Å². The molecule has 1 N–H and O–H groups in total. The number of nitrogens with zero attached hydrogens (tertiary/aromatic N) is 2. The lowest BCUT2D eigenvalue weighted by Crippen LogP contribution is -2.03. The minimum atomic E-state index is -1.04. The highest BCUT2D eigenvalue weighted by molar-refractivity contribution is 5.87. The van der Waals surface area contributed by atoms with Gasteiger partial charge in [0.05, 0.1) is 19.3 Å². The number of aromatic carboxylic acids is 1. The summed E-state index contributed by atoms with van der Waals surface area (Å²) in [5.41, 5.74) is 2.64. The number of carboxylic acids is 1. The van der Waals surface area contributed by atoms with Crippen molar-refractivity contribution in [2.45, 2.75) is 13.5 Å². The quantitative estimate of drug-likeness (QED) is 0.850. The van der Waals surface area contributed by atoms with E-state index in [2.05, 4.69) is 11.7 Å². The van der Waals surface area contributed by atoms with Gasteiger partial charge in [0.15, 0.2) is 5.69 Å². The minimum Gasteiger partial charge on any atom is -0.496 e. The van der Waals surface area contributed by atoms with Crippen LogP contribution in [0.25, 0.3) is 11.3 Å². The maximum absolute atomic E-state index is 11.0. The van der Waals surface area contributed by atoms with Crippen LogP contribution in [0.15, 0.2) is 36.9 Å². The molecule has 2 rings (SSSR count). The van der Waals surface area contributed by atoms with Crippen LogP contribution in [0.5, 0.6) is 5.75 Å². The van der Waals surface area contributed by atoms with Gasteiger partial charge in [-0.3, -0.25) is 4.68 Å². The first-order valence-electron chi connectivity index (χ1n) is 6.14. The standard InChI is InChI=1S/C15H16N2O3/c1-4-7-17-13(9-12(16-17)15(18)19)11-5-6-14(20-3)10(2)8-11/h4-6,8-9H,1,7H2,2-3H3,(H,18,19). The highest BCUT2D eigenvalue weighted by Crippen LogP contribution is 2.26. The molecule has 1 aromatic carbocycles. The van der Waals surface area contributed by atoms with Crippen molar-refractivity contribution in [1.82, 2.24) is 9.78 Å². The number of rotatable bonds is 5. The molecule has 1 heterocycles. The molecule has 0 radical (unpaired) electrons. The fourth-order valence-corrected chi connectivity index (χ4v) is 2.05. The summed E-state index contributed by atoms with van der Waals surface area (Å²) in [7, 11) is 1.62. The van der Waals surface area contributed by atoms with Gasteiger partial charge in [0.25, 0.3) is 0 Å². The van der Waals surface area contributed by atoms with Crippen molar-refractivity contribution < 1.29 is 14.6 Å². The van der Waals surface area contributed by atoms with Crippen molar-refractivity contribution in [3.05, 3.63) is 48.2 Å². The van der Waals surface area contributed by atoms with E-state index in [1.807, 2.05) is 25.1 Å². The number of aryl methyl sites for hydroxylation is 1. The first kappa shape index (κ1) is 13.9. The average molecular weight is 272 g/mol. The predicted octanol–water partition coefficient (Wildman–Crippen LogP) is 2.75. The molecule has 0 spiro atoms. The van der Waals surface area contributed by atoms with Gasteiger partial charge in [0, 0.05) is 5.56 Å². The molecule has 0 aliphatic carbocycles. The van der Waals surface area contributed by atoms with Crippen LogP contribution < -0.4 is 4.74 Å². The number of aromatic nitrogens is 2. The molecule has 0 amide bonds. The highest BCUT2D eigenvalue weighted by atomic mass is 16.5. The summed E-state index contributed by atoms with van der Waals surface area (Å²) in [6.45, 7) is 6.05. The SMILES string of the molecule is C=CCn1nc(C(=O)O)cc1-c1ccc(OC)c(C)c1. The first-order valence-corrected chi connectivity index (χ1v) is 6.14. The van der Waals surface area contributed by atoms with Gasteiger partial charge in [0.1, 0.15) is 5.75 Å². The lowest BCUT2D eigenvalue weighted by Gasteiger charge is -2.08. The molecule has 0 saturated heterocycles. The zero-order valence-electron chi connectivity index (χ0n) is 11.5. The first-order chi connectivity index (χ1) is 9.56. The van der Waals surface area contributed by atoms with Crippen LogP contribution in [-0.2, 0) is 6.54 Å². The number of hydrogen-bond acceptors (Lipinski definition) is 3. The predicted molar refractivity (Wildman–Crippen MR) is 76.1 cm³/mol. The van der Waals surface area contributed by atoms with E-state index in [0.29, 0.717) is 6.54 Å². The van der Waals surface area contributed by atoms with Crippen LogP contribution in [0.1, 0.15) is 16.1 Å². The van der Waals surface area contributed by atoms with Crippen molar-refractivity contribution in [2.75, 3.05) is 7.11 Å². The Morgan fingerprint density at radius 3 is 2.80 bits per heavy atom. The van der Waals surface area contributed by atoms with E-state index in [-0.39, 0.29) is 5.69 Å². The van der Waals surface area contributed by atoms with Gasteiger partial charge < -0.3 is 9.84 Å². The van der Waals surface area contributed by atoms with Crippen LogP contribution in [0, 0.1) is 6.92 Å². The zero-order chi connectivity index (χ0) is 14.7. The molecular formula is C15H16N2O3. The Hall–Kier alpha value is -2.56. The highest BCUT2D eigenvalue weighted by Gasteiger charge is 2.14. The second kappa shape index (κ2) is 5.61. The molecule has 20 heavy (non-hydrogen) atoms. The summed E-state index contributed by atoms with van der Waals surface area (Å²) >= 11 is 0. The van der Waals surface area contributed by atoms with Crippen LogP contribution in [0.2, 0.25) is 0 Å². The normalized spacial score (nSPS) is 10.3. The number of ether oxygens (including phenoxy) is 1. The number of hydrogen-bond donors (Lipinski definition) is 1. The summed E-state index contributed by atoms with van der Waals surface area (Å²) in [6, 6.07) is 7.25. The number of carboxylic acid groups (broad SMARTS) is 1. The molecule has 5 heteroatoms. The molecule has 104 valence electrons. The summed E-state index contributed by atoms with van der Waals surface area (Å²) in [4.78, 5) is 11.0. The third-order valence-electron chi connectivity index (χ3n) is 2.99. The largest absolute Gasteiger partial charge is 0.496 e. The molecular weight excluding hydrogens is 256 g/mol. The Labute approximate surface area is 117 Å². The molecule has 0 fully saturated rings.